The lowest BCUT2D eigenvalue weighted by atomic mass is 9.96. The van der Waals surface area contributed by atoms with Crippen molar-refractivity contribution < 1.29 is 24.1 Å². The number of nitrogens with one attached hydrogen (secondary N) is 4. The van der Waals surface area contributed by atoms with E-state index in [1.807, 2.05) is 6.92 Å². The van der Waals surface area contributed by atoms with Gasteiger partial charge in [0.2, 0.25) is 17.7 Å². The summed E-state index contributed by atoms with van der Waals surface area (Å²) in [4.78, 5) is 62.4. The van der Waals surface area contributed by atoms with Crippen molar-refractivity contribution in [1.29, 1.82) is 0 Å². The smallest absolute Gasteiger partial charge is 0.270 e. The molecular formula is C24H37N7O6. The first-order valence-corrected chi connectivity index (χ1v) is 12.5. The number of rotatable bonds is 8. The number of hydrogen-bond acceptors (Lipinski definition) is 8. The van der Waals surface area contributed by atoms with Crippen LogP contribution >= 0.6 is 0 Å². The molecule has 1 aromatic rings. The molecule has 0 bridgehead atoms. The van der Waals surface area contributed by atoms with Gasteiger partial charge in [-0.3, -0.25) is 29.3 Å². The number of amides is 4. The second-order valence-electron chi connectivity index (χ2n) is 9.20. The summed E-state index contributed by atoms with van der Waals surface area (Å²) in [5, 5.41) is 22.4. The van der Waals surface area contributed by atoms with Crippen LogP contribution in [0.3, 0.4) is 0 Å². The standard InChI is InChI=1S/C24H37N7O6/c1-3-14(2)20-24(35)29-19(7-4-5-11-25)23(34)28-18(21(26)32)8-6-12-27-17-10-9-15(31(36)37)13-16(17)22(33)30-20/h9-10,13-14,18-20,27H,3-8,11-12,25H2,1-2H3,(H2,26,32)(H,28,34)(H,29,35)(H,30,33)/t14?,18-,19-,20-/m0/s1. The van der Waals surface area contributed by atoms with Gasteiger partial charge in [0.05, 0.1) is 10.5 Å². The van der Waals surface area contributed by atoms with Crippen molar-refractivity contribution in [3.05, 3.63) is 33.9 Å². The van der Waals surface area contributed by atoms with Gasteiger partial charge in [0.25, 0.3) is 11.6 Å². The number of nitrogens with two attached hydrogens (primary N) is 2. The maximum atomic E-state index is 13.3. The molecule has 0 saturated carbocycles. The number of nitro groups is 1. The molecule has 0 spiro atoms. The van der Waals surface area contributed by atoms with Crippen molar-refractivity contribution in [3.8, 4) is 0 Å². The van der Waals surface area contributed by atoms with E-state index in [0.717, 1.165) is 6.07 Å². The molecule has 13 heteroatoms. The monoisotopic (exact) mass is 519 g/mol. The summed E-state index contributed by atoms with van der Waals surface area (Å²) < 4.78 is 0. The fourth-order valence-corrected chi connectivity index (χ4v) is 4.02. The largest absolute Gasteiger partial charge is 0.384 e. The molecule has 1 aromatic carbocycles. The third-order valence-corrected chi connectivity index (χ3v) is 6.47. The van der Waals surface area contributed by atoms with Gasteiger partial charge < -0.3 is 32.7 Å². The lowest BCUT2D eigenvalue weighted by Crippen LogP contribution is -2.57. The Labute approximate surface area is 215 Å². The van der Waals surface area contributed by atoms with Crippen LogP contribution in [0.15, 0.2) is 18.2 Å². The molecule has 0 radical (unpaired) electrons. The molecule has 13 nitrogen and oxygen atoms in total. The first kappa shape index (κ1) is 29.5. The number of fused-ring (bicyclic) bond motifs is 1. The highest BCUT2D eigenvalue weighted by Crippen LogP contribution is 2.23. The topological polar surface area (TPSA) is 212 Å². The van der Waals surface area contributed by atoms with Crippen LogP contribution in [0.4, 0.5) is 11.4 Å². The first-order chi connectivity index (χ1) is 17.6. The maximum absolute atomic E-state index is 13.3. The molecule has 4 amide bonds. The molecule has 1 unspecified atom stereocenters. The van der Waals surface area contributed by atoms with Crippen molar-refractivity contribution in [2.24, 2.45) is 17.4 Å². The van der Waals surface area contributed by atoms with Crippen molar-refractivity contribution in [2.75, 3.05) is 18.4 Å². The van der Waals surface area contributed by atoms with Crippen molar-refractivity contribution in [3.63, 3.8) is 0 Å². The number of benzene rings is 1. The van der Waals surface area contributed by atoms with E-state index in [2.05, 4.69) is 21.3 Å². The maximum Gasteiger partial charge on any atom is 0.270 e. The highest BCUT2D eigenvalue weighted by molar-refractivity contribution is 6.03. The van der Waals surface area contributed by atoms with Crippen molar-refractivity contribution in [2.45, 2.75) is 70.5 Å². The predicted octanol–water partition coefficient (Wildman–Crippen LogP) is 0.529. The zero-order valence-corrected chi connectivity index (χ0v) is 21.2. The molecule has 204 valence electrons. The Bertz CT molecular complexity index is 1000. The van der Waals surface area contributed by atoms with Crippen LogP contribution in [0.25, 0.3) is 0 Å². The average Bonchev–Trinajstić information content (AvgIpc) is 2.87. The lowest BCUT2D eigenvalue weighted by Gasteiger charge is -2.27. The van der Waals surface area contributed by atoms with Gasteiger partial charge in [-0.25, -0.2) is 0 Å². The second kappa shape index (κ2) is 14.1. The van der Waals surface area contributed by atoms with Gasteiger partial charge in [0.1, 0.15) is 18.1 Å². The zero-order valence-electron chi connectivity index (χ0n) is 21.2. The summed E-state index contributed by atoms with van der Waals surface area (Å²) in [6, 6.07) is 0.880. The van der Waals surface area contributed by atoms with Gasteiger partial charge in [0.15, 0.2) is 0 Å². The van der Waals surface area contributed by atoms with Crippen LogP contribution in [0, 0.1) is 16.0 Å². The van der Waals surface area contributed by atoms with Gasteiger partial charge in [-0.05, 0) is 50.6 Å². The number of non-ortho nitro benzene ring substituents is 1. The molecular weight excluding hydrogens is 482 g/mol. The molecule has 37 heavy (non-hydrogen) atoms. The third-order valence-electron chi connectivity index (χ3n) is 6.47. The van der Waals surface area contributed by atoms with E-state index in [-0.39, 0.29) is 30.0 Å². The van der Waals surface area contributed by atoms with Crippen LogP contribution in [-0.2, 0) is 14.4 Å². The summed E-state index contributed by atoms with van der Waals surface area (Å²) in [5.74, 6) is -2.83. The highest BCUT2D eigenvalue weighted by atomic mass is 16.6. The average molecular weight is 520 g/mol. The molecule has 1 aliphatic rings. The fourth-order valence-electron chi connectivity index (χ4n) is 4.02. The molecule has 1 heterocycles. The number of hydrogen-bond donors (Lipinski definition) is 6. The van der Waals surface area contributed by atoms with Crippen LogP contribution in [0.5, 0.6) is 0 Å². The van der Waals surface area contributed by atoms with Gasteiger partial charge in [-0.15, -0.1) is 0 Å². The molecule has 0 fully saturated rings. The summed E-state index contributed by atoms with van der Waals surface area (Å²) >= 11 is 0. The Kier molecular flexibility index (Phi) is 11.2. The van der Waals surface area contributed by atoms with Gasteiger partial charge in [-0.1, -0.05) is 20.3 Å². The van der Waals surface area contributed by atoms with Crippen LogP contribution in [-0.4, -0.2) is 59.8 Å². The molecule has 1 aliphatic heterocycles. The molecule has 0 aromatic heterocycles. The first-order valence-electron chi connectivity index (χ1n) is 12.5. The quantitative estimate of drug-likeness (QED) is 0.161. The number of carbonyl (C=O) groups excluding carboxylic acids is 4. The van der Waals surface area contributed by atoms with E-state index >= 15 is 0 Å². The summed E-state index contributed by atoms with van der Waals surface area (Å²) in [6.07, 6.45) is 2.60. The van der Waals surface area contributed by atoms with E-state index in [0.29, 0.717) is 44.5 Å². The Balaban J connectivity index is 2.48. The van der Waals surface area contributed by atoms with Gasteiger partial charge in [-0.2, -0.15) is 0 Å². The van der Waals surface area contributed by atoms with E-state index in [9.17, 15) is 29.3 Å². The van der Waals surface area contributed by atoms with Crippen LogP contribution < -0.4 is 32.7 Å². The highest BCUT2D eigenvalue weighted by Gasteiger charge is 2.32. The van der Waals surface area contributed by atoms with E-state index in [4.69, 9.17) is 11.5 Å². The normalized spacial score (nSPS) is 22.1. The molecule has 0 aliphatic carbocycles. The number of carbonyl (C=O) groups is 4. The van der Waals surface area contributed by atoms with Crippen molar-refractivity contribution in [1.82, 2.24) is 16.0 Å². The number of anilines is 1. The van der Waals surface area contributed by atoms with E-state index in [1.165, 1.54) is 12.1 Å². The fraction of sp³-hybridized carbons (Fsp3) is 0.583. The summed E-state index contributed by atoms with van der Waals surface area (Å²) in [5.41, 5.74) is 11.1. The Morgan fingerprint density at radius 1 is 1.16 bits per heavy atom. The SMILES string of the molecule is CCC(C)[C@@H]1NC(=O)c2cc([N+](=O)[O-])ccc2NCCC[C@@H](C(N)=O)NC(=O)[C@H](CCCCN)NC1=O. The van der Waals surface area contributed by atoms with Gasteiger partial charge in [0, 0.05) is 24.4 Å². The molecule has 4 atom stereocenters. The molecule has 0 saturated heterocycles. The second-order valence-corrected chi connectivity index (χ2v) is 9.20. The lowest BCUT2D eigenvalue weighted by molar-refractivity contribution is -0.384. The zero-order chi connectivity index (χ0) is 27.5. The summed E-state index contributed by atoms with van der Waals surface area (Å²) in [7, 11) is 0. The Morgan fingerprint density at radius 2 is 1.89 bits per heavy atom. The van der Waals surface area contributed by atoms with Gasteiger partial charge >= 0.3 is 0 Å². The third kappa shape index (κ3) is 8.41. The minimum absolute atomic E-state index is 0.00493. The predicted molar refractivity (Wildman–Crippen MR) is 137 cm³/mol. The number of unbranched alkanes of at least 4 members (excludes halogenated alkanes) is 1. The van der Waals surface area contributed by atoms with E-state index < -0.39 is 46.7 Å². The summed E-state index contributed by atoms with van der Waals surface area (Å²) in [6.45, 7) is 4.33. The minimum atomic E-state index is -1.02. The Morgan fingerprint density at radius 3 is 2.51 bits per heavy atom. The van der Waals surface area contributed by atoms with E-state index in [1.54, 1.807) is 6.92 Å². The Hall–Kier alpha value is -3.74. The molecule has 2 rings (SSSR count). The van der Waals surface area contributed by atoms with Crippen LogP contribution in [0.2, 0.25) is 0 Å². The van der Waals surface area contributed by atoms with Crippen molar-refractivity contribution >= 4 is 35.0 Å². The molecule has 8 N–H and O–H groups in total. The number of nitro benzene ring substituents is 1. The minimum Gasteiger partial charge on any atom is -0.384 e. The number of nitrogens with zero attached hydrogens (tertiary/aromatic N) is 1. The van der Waals surface area contributed by atoms with Crippen LogP contribution in [0.1, 0.15) is 62.7 Å². The number of primary amides is 1.